The van der Waals surface area contributed by atoms with E-state index in [4.69, 9.17) is 0 Å². The third-order valence-electron chi connectivity index (χ3n) is 4.48. The molecule has 1 aliphatic heterocycles. The zero-order valence-electron chi connectivity index (χ0n) is 11.9. The summed E-state index contributed by atoms with van der Waals surface area (Å²) in [5, 5.41) is 7.21. The lowest BCUT2D eigenvalue weighted by molar-refractivity contribution is -0.124. The largest absolute Gasteiger partial charge is 0.351 e. The molecule has 1 fully saturated rings. The molecule has 4 heteroatoms. The van der Waals surface area contributed by atoms with E-state index in [0.29, 0.717) is 11.3 Å². The van der Waals surface area contributed by atoms with Crippen molar-refractivity contribution in [1.82, 2.24) is 10.6 Å². The van der Waals surface area contributed by atoms with Gasteiger partial charge < -0.3 is 10.6 Å². The van der Waals surface area contributed by atoms with Gasteiger partial charge in [-0.25, -0.2) is 0 Å². The van der Waals surface area contributed by atoms with Crippen LogP contribution >= 0.6 is 11.8 Å². The maximum absolute atomic E-state index is 12.4. The molecule has 2 unspecified atom stereocenters. The minimum absolute atomic E-state index is 0.0759. The number of rotatable bonds is 3. The summed E-state index contributed by atoms with van der Waals surface area (Å²) in [6.45, 7) is 0.797. The van der Waals surface area contributed by atoms with Gasteiger partial charge >= 0.3 is 0 Å². The van der Waals surface area contributed by atoms with Crippen molar-refractivity contribution < 1.29 is 4.79 Å². The van der Waals surface area contributed by atoms with E-state index in [1.165, 1.54) is 24.0 Å². The van der Waals surface area contributed by atoms with Crippen LogP contribution in [0.1, 0.15) is 30.4 Å². The zero-order chi connectivity index (χ0) is 13.9. The lowest BCUT2D eigenvalue weighted by Gasteiger charge is -2.28. The van der Waals surface area contributed by atoms with E-state index in [1.54, 1.807) is 0 Å². The van der Waals surface area contributed by atoms with Crippen LogP contribution in [0.15, 0.2) is 24.3 Å². The molecule has 1 aliphatic carbocycles. The highest BCUT2D eigenvalue weighted by atomic mass is 32.2. The fraction of sp³-hybridized carbons (Fsp3) is 0.562. The van der Waals surface area contributed by atoms with Gasteiger partial charge in [-0.2, -0.15) is 11.8 Å². The molecular weight excluding hydrogens is 268 g/mol. The summed E-state index contributed by atoms with van der Waals surface area (Å²) in [7, 11) is 0. The molecule has 108 valence electrons. The standard InChI is InChI=1S/C16H22N2OS/c1-20-15-8-4-7-13(15)18-16(19)14-9-11-5-2-3-6-12(11)10-17-14/h2-3,5-6,13-15,17H,4,7-10H2,1H3,(H,18,19)/t13?,14-,15?/m1/s1. The Morgan fingerprint density at radius 2 is 2.10 bits per heavy atom. The van der Waals surface area contributed by atoms with E-state index in [-0.39, 0.29) is 11.9 Å². The number of fused-ring (bicyclic) bond motifs is 1. The van der Waals surface area contributed by atoms with Gasteiger partial charge in [-0.3, -0.25) is 4.79 Å². The fourth-order valence-corrected chi connectivity index (χ4v) is 4.23. The molecule has 1 aromatic carbocycles. The second kappa shape index (κ2) is 6.19. The Kier molecular flexibility index (Phi) is 4.32. The van der Waals surface area contributed by atoms with E-state index in [2.05, 4.69) is 41.2 Å². The van der Waals surface area contributed by atoms with Crippen molar-refractivity contribution in [3.8, 4) is 0 Å². The summed E-state index contributed by atoms with van der Waals surface area (Å²) in [6, 6.07) is 8.67. The molecule has 1 amide bonds. The molecule has 1 aromatic rings. The molecule has 3 nitrogen and oxygen atoms in total. The summed E-state index contributed by atoms with van der Waals surface area (Å²) in [6.07, 6.45) is 6.54. The summed E-state index contributed by atoms with van der Waals surface area (Å²) in [5.41, 5.74) is 2.62. The van der Waals surface area contributed by atoms with E-state index in [9.17, 15) is 4.79 Å². The van der Waals surface area contributed by atoms with Crippen LogP contribution in [0, 0.1) is 0 Å². The lowest BCUT2D eigenvalue weighted by atomic mass is 9.95. The van der Waals surface area contributed by atoms with Crippen LogP contribution in [-0.4, -0.2) is 29.5 Å². The number of benzene rings is 1. The molecule has 2 aliphatic rings. The van der Waals surface area contributed by atoms with Crippen molar-refractivity contribution in [2.75, 3.05) is 6.26 Å². The molecule has 0 spiro atoms. The first-order valence-corrected chi connectivity index (χ1v) is 8.70. The van der Waals surface area contributed by atoms with Gasteiger partial charge in [0.25, 0.3) is 0 Å². The topological polar surface area (TPSA) is 41.1 Å². The fourth-order valence-electron chi connectivity index (χ4n) is 3.30. The minimum atomic E-state index is -0.0759. The number of carbonyl (C=O) groups excluding carboxylic acids is 1. The van der Waals surface area contributed by atoms with Crippen LogP contribution in [0.4, 0.5) is 0 Å². The average molecular weight is 290 g/mol. The van der Waals surface area contributed by atoms with Crippen LogP contribution in [-0.2, 0) is 17.8 Å². The maximum Gasteiger partial charge on any atom is 0.237 e. The Bertz CT molecular complexity index is 491. The van der Waals surface area contributed by atoms with Crippen molar-refractivity contribution in [2.24, 2.45) is 0 Å². The van der Waals surface area contributed by atoms with Gasteiger partial charge in [0.2, 0.25) is 5.91 Å². The first kappa shape index (κ1) is 14.0. The van der Waals surface area contributed by atoms with E-state index >= 15 is 0 Å². The molecule has 0 bridgehead atoms. The summed E-state index contributed by atoms with van der Waals surface area (Å²) in [5.74, 6) is 0.172. The van der Waals surface area contributed by atoms with Gasteiger partial charge in [-0.15, -0.1) is 0 Å². The Hall–Kier alpha value is -1.00. The second-order valence-electron chi connectivity index (χ2n) is 5.73. The van der Waals surface area contributed by atoms with Gasteiger partial charge in [-0.05, 0) is 36.6 Å². The Morgan fingerprint density at radius 1 is 1.30 bits per heavy atom. The Morgan fingerprint density at radius 3 is 2.90 bits per heavy atom. The maximum atomic E-state index is 12.4. The number of carbonyl (C=O) groups is 1. The summed E-state index contributed by atoms with van der Waals surface area (Å²) < 4.78 is 0. The number of nitrogens with one attached hydrogen (secondary N) is 2. The normalized spacial score (nSPS) is 28.9. The lowest BCUT2D eigenvalue weighted by Crippen LogP contribution is -2.51. The molecule has 20 heavy (non-hydrogen) atoms. The van der Waals surface area contributed by atoms with Crippen LogP contribution < -0.4 is 10.6 Å². The van der Waals surface area contributed by atoms with E-state index in [1.807, 2.05) is 11.8 Å². The van der Waals surface area contributed by atoms with Crippen LogP contribution in [0.25, 0.3) is 0 Å². The van der Waals surface area contributed by atoms with Crippen molar-refractivity contribution in [1.29, 1.82) is 0 Å². The van der Waals surface area contributed by atoms with Crippen molar-refractivity contribution >= 4 is 17.7 Å². The van der Waals surface area contributed by atoms with Crippen molar-refractivity contribution in [3.05, 3.63) is 35.4 Å². The molecular formula is C16H22N2OS. The third kappa shape index (κ3) is 2.86. The van der Waals surface area contributed by atoms with Gasteiger partial charge in [0.1, 0.15) is 0 Å². The smallest absolute Gasteiger partial charge is 0.237 e. The molecule has 2 N–H and O–H groups in total. The second-order valence-corrected chi connectivity index (χ2v) is 6.80. The highest BCUT2D eigenvalue weighted by Gasteiger charge is 2.31. The Labute approximate surface area is 124 Å². The van der Waals surface area contributed by atoms with Gasteiger partial charge in [0.05, 0.1) is 6.04 Å². The van der Waals surface area contributed by atoms with Crippen molar-refractivity contribution in [3.63, 3.8) is 0 Å². The summed E-state index contributed by atoms with van der Waals surface area (Å²) in [4.78, 5) is 12.4. The van der Waals surface area contributed by atoms with Gasteiger partial charge in [0, 0.05) is 17.8 Å². The number of amides is 1. The summed E-state index contributed by atoms with van der Waals surface area (Å²) >= 11 is 1.88. The molecule has 0 saturated heterocycles. The molecule has 1 heterocycles. The quantitative estimate of drug-likeness (QED) is 0.896. The van der Waals surface area contributed by atoms with Crippen molar-refractivity contribution in [2.45, 2.75) is 49.6 Å². The highest BCUT2D eigenvalue weighted by molar-refractivity contribution is 7.99. The Balaban J connectivity index is 1.61. The van der Waals surface area contributed by atoms with Crippen LogP contribution in [0.5, 0.6) is 0 Å². The molecule has 0 aromatic heterocycles. The molecule has 3 rings (SSSR count). The van der Waals surface area contributed by atoms with E-state index in [0.717, 1.165) is 19.4 Å². The predicted octanol–water partition coefficient (Wildman–Crippen LogP) is 2.10. The third-order valence-corrected chi connectivity index (χ3v) is 5.65. The molecule has 0 radical (unpaired) electrons. The first-order chi connectivity index (χ1) is 9.78. The highest BCUT2D eigenvalue weighted by Crippen LogP contribution is 2.28. The molecule has 1 saturated carbocycles. The minimum Gasteiger partial charge on any atom is -0.351 e. The number of hydrogen-bond donors (Lipinski definition) is 2. The average Bonchev–Trinajstić information content (AvgIpc) is 2.94. The monoisotopic (exact) mass is 290 g/mol. The number of thioether (sulfide) groups is 1. The SMILES string of the molecule is CSC1CCCC1NC(=O)[C@H]1Cc2ccccc2CN1. The van der Waals surface area contributed by atoms with Gasteiger partial charge in [-0.1, -0.05) is 30.7 Å². The van der Waals surface area contributed by atoms with E-state index < -0.39 is 0 Å². The molecule has 3 atom stereocenters. The zero-order valence-corrected chi connectivity index (χ0v) is 12.7. The van der Waals surface area contributed by atoms with Gasteiger partial charge in [0.15, 0.2) is 0 Å². The first-order valence-electron chi connectivity index (χ1n) is 7.41. The van der Waals surface area contributed by atoms with Crippen LogP contribution in [0.2, 0.25) is 0 Å². The number of hydrogen-bond acceptors (Lipinski definition) is 3. The van der Waals surface area contributed by atoms with Crippen LogP contribution in [0.3, 0.4) is 0 Å². The predicted molar refractivity (Wildman–Crippen MR) is 83.9 cm³/mol.